The molecule has 25 heavy (non-hydrogen) atoms. The molecule has 1 amide bonds. The first-order valence-electron chi connectivity index (χ1n) is 8.21. The van der Waals surface area contributed by atoms with Gasteiger partial charge in [-0.15, -0.1) is 0 Å². The van der Waals surface area contributed by atoms with Crippen LogP contribution in [-0.2, 0) is 4.79 Å². The standard InChI is InChI=1S/C19H21FN2O3/c1-12(2)19(13-3-5-14(20)6-4-13)21-10-18(23)22-15-7-8-16-17(9-15)25-11-24-16/h3-9,12,19,21H,10-11H2,1-2H3,(H,22,23)/t19-/m0/s1. The Hall–Kier alpha value is -2.60. The van der Waals surface area contributed by atoms with E-state index in [-0.39, 0.29) is 37.0 Å². The Morgan fingerprint density at radius 1 is 1.12 bits per heavy atom. The molecule has 0 fully saturated rings. The number of ether oxygens (including phenoxy) is 2. The first-order valence-corrected chi connectivity index (χ1v) is 8.21. The lowest BCUT2D eigenvalue weighted by Gasteiger charge is -2.22. The number of anilines is 1. The Morgan fingerprint density at radius 3 is 2.56 bits per heavy atom. The minimum absolute atomic E-state index is 0.0388. The lowest BCUT2D eigenvalue weighted by atomic mass is 9.96. The van der Waals surface area contributed by atoms with Gasteiger partial charge in [-0.2, -0.15) is 0 Å². The molecule has 0 saturated heterocycles. The van der Waals surface area contributed by atoms with E-state index in [0.717, 1.165) is 5.56 Å². The van der Waals surface area contributed by atoms with E-state index in [1.165, 1.54) is 12.1 Å². The number of hydrogen-bond acceptors (Lipinski definition) is 4. The highest BCUT2D eigenvalue weighted by atomic mass is 19.1. The van der Waals surface area contributed by atoms with Crippen LogP contribution in [0.25, 0.3) is 0 Å². The predicted octanol–water partition coefficient (Wildman–Crippen LogP) is 3.48. The molecule has 0 saturated carbocycles. The fourth-order valence-corrected chi connectivity index (χ4v) is 2.79. The molecular formula is C19H21FN2O3. The lowest BCUT2D eigenvalue weighted by molar-refractivity contribution is -0.115. The van der Waals surface area contributed by atoms with Gasteiger partial charge in [-0.05, 0) is 35.7 Å². The highest BCUT2D eigenvalue weighted by Crippen LogP contribution is 2.34. The van der Waals surface area contributed by atoms with Gasteiger partial charge < -0.3 is 20.1 Å². The van der Waals surface area contributed by atoms with Crippen molar-refractivity contribution in [1.29, 1.82) is 0 Å². The van der Waals surface area contributed by atoms with Crippen molar-refractivity contribution in [2.24, 2.45) is 5.92 Å². The van der Waals surface area contributed by atoms with Gasteiger partial charge in [-0.1, -0.05) is 26.0 Å². The first kappa shape index (κ1) is 17.2. The fourth-order valence-electron chi connectivity index (χ4n) is 2.79. The van der Waals surface area contributed by atoms with E-state index in [4.69, 9.17) is 9.47 Å². The molecule has 0 unspecified atom stereocenters. The molecule has 1 heterocycles. The normalized spacial score (nSPS) is 13.8. The maximum atomic E-state index is 13.1. The van der Waals surface area contributed by atoms with Crippen molar-refractivity contribution in [3.8, 4) is 11.5 Å². The third-order valence-electron chi connectivity index (χ3n) is 4.03. The molecule has 0 aromatic heterocycles. The van der Waals surface area contributed by atoms with Gasteiger partial charge >= 0.3 is 0 Å². The Morgan fingerprint density at radius 2 is 1.84 bits per heavy atom. The van der Waals surface area contributed by atoms with E-state index in [0.29, 0.717) is 17.2 Å². The van der Waals surface area contributed by atoms with E-state index in [9.17, 15) is 9.18 Å². The van der Waals surface area contributed by atoms with Crippen LogP contribution < -0.4 is 20.1 Å². The zero-order chi connectivity index (χ0) is 17.8. The highest BCUT2D eigenvalue weighted by molar-refractivity contribution is 5.92. The zero-order valence-corrected chi connectivity index (χ0v) is 14.2. The molecule has 2 aromatic carbocycles. The van der Waals surface area contributed by atoms with Gasteiger partial charge in [-0.25, -0.2) is 4.39 Å². The molecule has 2 N–H and O–H groups in total. The van der Waals surface area contributed by atoms with Gasteiger partial charge in [0.05, 0.1) is 6.54 Å². The van der Waals surface area contributed by atoms with Crippen molar-refractivity contribution in [2.45, 2.75) is 19.9 Å². The van der Waals surface area contributed by atoms with Crippen molar-refractivity contribution >= 4 is 11.6 Å². The predicted molar refractivity (Wildman–Crippen MR) is 93.2 cm³/mol. The summed E-state index contributed by atoms with van der Waals surface area (Å²) in [6, 6.07) is 11.6. The second-order valence-corrected chi connectivity index (χ2v) is 6.27. The summed E-state index contributed by atoms with van der Waals surface area (Å²) in [5.74, 6) is 1.12. The maximum absolute atomic E-state index is 13.1. The van der Waals surface area contributed by atoms with E-state index in [2.05, 4.69) is 24.5 Å². The molecule has 5 nitrogen and oxygen atoms in total. The first-order chi connectivity index (χ1) is 12.0. The fraction of sp³-hybridized carbons (Fsp3) is 0.316. The summed E-state index contributed by atoms with van der Waals surface area (Å²) in [5, 5.41) is 6.07. The third-order valence-corrected chi connectivity index (χ3v) is 4.03. The molecule has 1 aliphatic heterocycles. The van der Waals surface area contributed by atoms with Crippen molar-refractivity contribution in [2.75, 3.05) is 18.7 Å². The smallest absolute Gasteiger partial charge is 0.238 e. The maximum Gasteiger partial charge on any atom is 0.238 e. The summed E-state index contributed by atoms with van der Waals surface area (Å²) in [5.41, 5.74) is 1.60. The van der Waals surface area contributed by atoms with Gasteiger partial charge in [0.2, 0.25) is 12.7 Å². The molecule has 0 aliphatic carbocycles. The minimum atomic E-state index is -0.271. The van der Waals surface area contributed by atoms with Gasteiger partial charge in [0.15, 0.2) is 11.5 Å². The van der Waals surface area contributed by atoms with Crippen molar-refractivity contribution < 1.29 is 18.7 Å². The summed E-state index contributed by atoms with van der Waals surface area (Å²) in [7, 11) is 0. The van der Waals surface area contributed by atoms with Crippen LogP contribution in [0.2, 0.25) is 0 Å². The van der Waals surface area contributed by atoms with Gasteiger partial charge in [0, 0.05) is 17.8 Å². The molecule has 0 bridgehead atoms. The molecule has 3 rings (SSSR count). The lowest BCUT2D eigenvalue weighted by Crippen LogP contribution is -2.33. The van der Waals surface area contributed by atoms with Crippen molar-refractivity contribution in [3.05, 3.63) is 53.8 Å². The molecule has 0 spiro atoms. The van der Waals surface area contributed by atoms with Crippen molar-refractivity contribution in [1.82, 2.24) is 5.32 Å². The number of carbonyl (C=O) groups is 1. The van der Waals surface area contributed by atoms with Crippen LogP contribution in [0, 0.1) is 11.7 Å². The number of hydrogen-bond donors (Lipinski definition) is 2. The molecule has 1 atom stereocenters. The van der Waals surface area contributed by atoms with E-state index >= 15 is 0 Å². The Kier molecular flexibility index (Phi) is 5.19. The SMILES string of the molecule is CC(C)[C@H](NCC(=O)Nc1ccc2c(c1)OCO2)c1ccc(F)cc1. The third kappa shape index (κ3) is 4.28. The largest absolute Gasteiger partial charge is 0.454 e. The van der Waals surface area contributed by atoms with E-state index in [1.54, 1.807) is 30.3 Å². The summed E-state index contributed by atoms with van der Waals surface area (Å²) < 4.78 is 23.6. The number of fused-ring (bicyclic) bond motifs is 1. The topological polar surface area (TPSA) is 59.6 Å². The summed E-state index contributed by atoms with van der Waals surface area (Å²) in [4.78, 5) is 12.2. The number of carbonyl (C=O) groups excluding carboxylic acids is 1. The second kappa shape index (κ2) is 7.53. The Labute approximate surface area is 146 Å². The van der Waals surface area contributed by atoms with Crippen LogP contribution in [0.4, 0.5) is 10.1 Å². The zero-order valence-electron chi connectivity index (χ0n) is 14.2. The van der Waals surface area contributed by atoms with Crippen LogP contribution in [0.1, 0.15) is 25.5 Å². The van der Waals surface area contributed by atoms with Crippen LogP contribution >= 0.6 is 0 Å². The van der Waals surface area contributed by atoms with Crippen LogP contribution in [0.15, 0.2) is 42.5 Å². The molecule has 1 aliphatic rings. The molecule has 2 aromatic rings. The average molecular weight is 344 g/mol. The minimum Gasteiger partial charge on any atom is -0.454 e. The number of halogens is 1. The van der Waals surface area contributed by atoms with Gasteiger partial charge in [0.25, 0.3) is 0 Å². The number of benzene rings is 2. The second-order valence-electron chi connectivity index (χ2n) is 6.27. The highest BCUT2D eigenvalue weighted by Gasteiger charge is 2.18. The van der Waals surface area contributed by atoms with Crippen LogP contribution in [-0.4, -0.2) is 19.2 Å². The summed E-state index contributed by atoms with van der Waals surface area (Å²) >= 11 is 0. The van der Waals surface area contributed by atoms with E-state index < -0.39 is 0 Å². The van der Waals surface area contributed by atoms with E-state index in [1.807, 2.05) is 0 Å². The number of nitrogens with one attached hydrogen (secondary N) is 2. The average Bonchev–Trinajstić information content (AvgIpc) is 3.04. The Balaban J connectivity index is 1.59. The molecule has 0 radical (unpaired) electrons. The summed E-state index contributed by atoms with van der Waals surface area (Å²) in [6.07, 6.45) is 0. The number of rotatable bonds is 6. The van der Waals surface area contributed by atoms with Crippen LogP contribution in [0.5, 0.6) is 11.5 Å². The molecule has 6 heteroatoms. The monoisotopic (exact) mass is 344 g/mol. The van der Waals surface area contributed by atoms with Gasteiger partial charge in [0.1, 0.15) is 5.82 Å². The Bertz CT molecular complexity index is 747. The summed E-state index contributed by atoms with van der Waals surface area (Å²) in [6.45, 7) is 4.45. The molecular weight excluding hydrogens is 323 g/mol. The number of amides is 1. The molecule has 132 valence electrons. The van der Waals surface area contributed by atoms with Crippen molar-refractivity contribution in [3.63, 3.8) is 0 Å². The van der Waals surface area contributed by atoms with Gasteiger partial charge in [-0.3, -0.25) is 4.79 Å². The van der Waals surface area contributed by atoms with Crippen LogP contribution in [0.3, 0.4) is 0 Å². The quantitative estimate of drug-likeness (QED) is 0.842.